The van der Waals surface area contributed by atoms with Crippen LogP contribution in [0.4, 0.5) is 0 Å². The molecule has 1 saturated heterocycles. The second kappa shape index (κ2) is 8.01. The Labute approximate surface area is 135 Å². The molecule has 1 N–H and O–H groups in total. The minimum absolute atomic E-state index is 0.280. The Morgan fingerprint density at radius 3 is 2.86 bits per heavy atom. The van der Waals surface area contributed by atoms with Gasteiger partial charge in [-0.3, -0.25) is 0 Å². The third kappa shape index (κ3) is 4.34. The van der Waals surface area contributed by atoms with Crippen LogP contribution in [-0.4, -0.2) is 32.5 Å². The summed E-state index contributed by atoms with van der Waals surface area (Å²) in [6.45, 7) is 6.52. The number of rotatable bonds is 7. The lowest BCUT2D eigenvalue weighted by Gasteiger charge is -2.18. The monoisotopic (exact) mass is 357 g/mol. The highest BCUT2D eigenvalue weighted by Crippen LogP contribution is 2.36. The second-order valence-electron chi connectivity index (χ2n) is 5.31. The summed E-state index contributed by atoms with van der Waals surface area (Å²) < 4.78 is 17.7. The Morgan fingerprint density at radius 2 is 2.24 bits per heavy atom. The molecule has 0 aromatic heterocycles. The smallest absolute Gasteiger partial charge is 0.175 e. The average molecular weight is 358 g/mol. The van der Waals surface area contributed by atoms with Gasteiger partial charge in [-0.1, -0.05) is 6.92 Å². The fraction of sp³-hybridized carbons (Fsp3) is 0.625. The van der Waals surface area contributed by atoms with Crippen molar-refractivity contribution in [3.63, 3.8) is 0 Å². The maximum Gasteiger partial charge on any atom is 0.175 e. The summed E-state index contributed by atoms with van der Waals surface area (Å²) in [6.07, 6.45) is 2.32. The van der Waals surface area contributed by atoms with E-state index in [4.69, 9.17) is 14.2 Å². The summed E-state index contributed by atoms with van der Waals surface area (Å²) in [7, 11) is 1.67. The Hall–Kier alpha value is -0.780. The quantitative estimate of drug-likeness (QED) is 0.810. The predicted octanol–water partition coefficient (Wildman–Crippen LogP) is 3.51. The number of halogens is 1. The van der Waals surface area contributed by atoms with Crippen molar-refractivity contribution in [3.05, 3.63) is 22.2 Å². The van der Waals surface area contributed by atoms with Gasteiger partial charge in [-0.05, 0) is 53.4 Å². The molecule has 0 saturated carbocycles. The first-order chi connectivity index (χ1) is 10.2. The maximum atomic E-state index is 5.75. The van der Waals surface area contributed by atoms with Gasteiger partial charge in [0.1, 0.15) is 0 Å². The molecule has 1 fully saturated rings. The van der Waals surface area contributed by atoms with Gasteiger partial charge in [0.2, 0.25) is 0 Å². The topological polar surface area (TPSA) is 39.7 Å². The van der Waals surface area contributed by atoms with Gasteiger partial charge in [-0.15, -0.1) is 0 Å². The molecule has 2 rings (SSSR count). The van der Waals surface area contributed by atoms with Crippen LogP contribution < -0.4 is 14.8 Å². The molecule has 1 aromatic rings. The van der Waals surface area contributed by atoms with Crippen LogP contribution in [0.5, 0.6) is 11.5 Å². The van der Waals surface area contributed by atoms with Gasteiger partial charge in [0.05, 0.1) is 24.3 Å². The van der Waals surface area contributed by atoms with Crippen LogP contribution in [-0.2, 0) is 11.3 Å². The lowest BCUT2D eigenvalue weighted by atomic mass is 10.1. The van der Waals surface area contributed by atoms with Crippen molar-refractivity contribution < 1.29 is 14.2 Å². The Balaban J connectivity index is 2.04. The average Bonchev–Trinajstić information content (AvgIpc) is 2.88. The molecule has 2 atom stereocenters. The summed E-state index contributed by atoms with van der Waals surface area (Å²) in [5.74, 6) is 1.55. The zero-order valence-electron chi connectivity index (χ0n) is 12.9. The molecule has 4 nitrogen and oxygen atoms in total. The van der Waals surface area contributed by atoms with Gasteiger partial charge < -0.3 is 19.5 Å². The van der Waals surface area contributed by atoms with E-state index in [9.17, 15) is 0 Å². The normalized spacial score (nSPS) is 21.5. The molecule has 21 heavy (non-hydrogen) atoms. The Morgan fingerprint density at radius 1 is 1.43 bits per heavy atom. The molecule has 1 aromatic carbocycles. The van der Waals surface area contributed by atoms with Gasteiger partial charge in [0.15, 0.2) is 11.5 Å². The molecule has 0 bridgehead atoms. The van der Waals surface area contributed by atoms with Crippen molar-refractivity contribution in [2.75, 3.05) is 20.3 Å². The maximum absolute atomic E-state index is 5.75. The van der Waals surface area contributed by atoms with Crippen molar-refractivity contribution in [1.82, 2.24) is 5.32 Å². The molecular weight excluding hydrogens is 334 g/mol. The summed E-state index contributed by atoms with van der Waals surface area (Å²) in [4.78, 5) is 0. The fourth-order valence-electron chi connectivity index (χ4n) is 2.47. The molecule has 118 valence electrons. The van der Waals surface area contributed by atoms with E-state index in [-0.39, 0.29) is 6.10 Å². The molecule has 1 aliphatic rings. The van der Waals surface area contributed by atoms with Gasteiger partial charge in [-0.25, -0.2) is 0 Å². The second-order valence-corrected chi connectivity index (χ2v) is 6.16. The van der Waals surface area contributed by atoms with E-state index in [2.05, 4.69) is 41.2 Å². The standard InChI is InChI=1S/C16H24BrNO3/c1-4-6-21-16-13(17)8-12(9-15(16)19-3)10-18-14-5-7-20-11(14)2/h8-9,11,14,18H,4-7,10H2,1-3H3. The summed E-state index contributed by atoms with van der Waals surface area (Å²) in [5.41, 5.74) is 1.17. The Kier molecular flexibility index (Phi) is 6.33. The van der Waals surface area contributed by atoms with Crippen molar-refractivity contribution >= 4 is 15.9 Å². The van der Waals surface area contributed by atoms with E-state index >= 15 is 0 Å². The SMILES string of the molecule is CCCOc1c(Br)cc(CNC2CCOC2C)cc1OC. The molecular formula is C16H24BrNO3. The molecule has 0 amide bonds. The van der Waals surface area contributed by atoms with Crippen molar-refractivity contribution in [2.24, 2.45) is 0 Å². The minimum Gasteiger partial charge on any atom is -0.493 e. The lowest BCUT2D eigenvalue weighted by Crippen LogP contribution is -2.34. The lowest BCUT2D eigenvalue weighted by molar-refractivity contribution is 0.113. The largest absolute Gasteiger partial charge is 0.493 e. The summed E-state index contributed by atoms with van der Waals surface area (Å²) in [5, 5.41) is 3.55. The molecule has 1 aliphatic heterocycles. The van der Waals surface area contributed by atoms with E-state index in [1.54, 1.807) is 7.11 Å². The first-order valence-corrected chi connectivity index (χ1v) is 8.29. The van der Waals surface area contributed by atoms with Crippen LogP contribution in [0.25, 0.3) is 0 Å². The van der Waals surface area contributed by atoms with Crippen LogP contribution in [0.1, 0.15) is 32.3 Å². The first-order valence-electron chi connectivity index (χ1n) is 7.50. The van der Waals surface area contributed by atoms with Crippen molar-refractivity contribution in [2.45, 2.75) is 45.4 Å². The number of hydrogen-bond donors (Lipinski definition) is 1. The zero-order chi connectivity index (χ0) is 15.2. The van der Waals surface area contributed by atoms with Gasteiger partial charge in [0, 0.05) is 19.2 Å². The van der Waals surface area contributed by atoms with Gasteiger partial charge in [-0.2, -0.15) is 0 Å². The molecule has 0 radical (unpaired) electrons. The van der Waals surface area contributed by atoms with E-state index in [1.807, 2.05) is 6.07 Å². The molecule has 5 heteroatoms. The van der Waals surface area contributed by atoms with E-state index < -0.39 is 0 Å². The number of nitrogens with one attached hydrogen (secondary N) is 1. The van der Waals surface area contributed by atoms with Crippen LogP contribution in [0, 0.1) is 0 Å². The zero-order valence-corrected chi connectivity index (χ0v) is 14.5. The van der Waals surface area contributed by atoms with E-state index in [0.717, 1.165) is 42.0 Å². The highest BCUT2D eigenvalue weighted by molar-refractivity contribution is 9.10. The highest BCUT2D eigenvalue weighted by atomic mass is 79.9. The van der Waals surface area contributed by atoms with E-state index in [0.29, 0.717) is 12.6 Å². The van der Waals surface area contributed by atoms with Crippen LogP contribution >= 0.6 is 15.9 Å². The third-order valence-electron chi connectivity index (χ3n) is 3.68. The first kappa shape index (κ1) is 16.6. The molecule has 0 spiro atoms. The molecule has 2 unspecified atom stereocenters. The number of ether oxygens (including phenoxy) is 3. The molecule has 0 aliphatic carbocycles. The predicted molar refractivity (Wildman–Crippen MR) is 87.1 cm³/mol. The van der Waals surface area contributed by atoms with E-state index in [1.165, 1.54) is 5.56 Å². The number of hydrogen-bond acceptors (Lipinski definition) is 4. The fourth-order valence-corrected chi connectivity index (χ4v) is 3.07. The number of benzene rings is 1. The van der Waals surface area contributed by atoms with Crippen LogP contribution in [0.3, 0.4) is 0 Å². The van der Waals surface area contributed by atoms with Crippen LogP contribution in [0.15, 0.2) is 16.6 Å². The third-order valence-corrected chi connectivity index (χ3v) is 4.27. The van der Waals surface area contributed by atoms with Gasteiger partial charge >= 0.3 is 0 Å². The summed E-state index contributed by atoms with van der Waals surface area (Å²) >= 11 is 3.58. The number of methoxy groups -OCH3 is 1. The molecule has 1 heterocycles. The van der Waals surface area contributed by atoms with Gasteiger partial charge in [0.25, 0.3) is 0 Å². The van der Waals surface area contributed by atoms with Crippen LogP contribution in [0.2, 0.25) is 0 Å². The minimum atomic E-state index is 0.280. The Bertz CT molecular complexity index is 467. The summed E-state index contributed by atoms with van der Waals surface area (Å²) in [6, 6.07) is 4.54. The highest BCUT2D eigenvalue weighted by Gasteiger charge is 2.23. The van der Waals surface area contributed by atoms with Crippen molar-refractivity contribution in [1.29, 1.82) is 0 Å². The van der Waals surface area contributed by atoms with Crippen molar-refractivity contribution in [3.8, 4) is 11.5 Å².